The van der Waals surface area contributed by atoms with Crippen LogP contribution in [0.1, 0.15) is 60.5 Å². The lowest BCUT2D eigenvalue weighted by Crippen LogP contribution is -2.18. The van der Waals surface area contributed by atoms with Gasteiger partial charge in [0.25, 0.3) is 10.0 Å². The van der Waals surface area contributed by atoms with Gasteiger partial charge in [-0.2, -0.15) is 0 Å². The van der Waals surface area contributed by atoms with E-state index in [1.165, 1.54) is 0 Å². The Balaban J connectivity index is 1.27. The average Bonchev–Trinajstić information content (AvgIpc) is 3.71. The van der Waals surface area contributed by atoms with Crippen molar-refractivity contribution < 1.29 is 17.9 Å². The van der Waals surface area contributed by atoms with E-state index in [-0.39, 0.29) is 27.4 Å². The van der Waals surface area contributed by atoms with Crippen LogP contribution in [0.25, 0.3) is 10.6 Å². The summed E-state index contributed by atoms with van der Waals surface area (Å²) < 4.78 is 35.3. The van der Waals surface area contributed by atoms with Gasteiger partial charge in [-0.15, -0.1) is 11.3 Å². The van der Waals surface area contributed by atoms with Crippen LogP contribution in [-0.4, -0.2) is 18.5 Å². The molecule has 3 aromatic heterocycles. The molecule has 7 nitrogen and oxygen atoms in total. The quantitative estimate of drug-likeness (QED) is 0.159. The van der Waals surface area contributed by atoms with Crippen molar-refractivity contribution in [3.63, 3.8) is 0 Å². The lowest BCUT2D eigenvalue weighted by atomic mass is 9.86. The zero-order valence-corrected chi connectivity index (χ0v) is 25.3. The summed E-state index contributed by atoms with van der Waals surface area (Å²) in [5.74, 6) is 0.0658. The second-order valence-electron chi connectivity index (χ2n) is 10.9. The number of aromatic nitrogens is 1. The lowest BCUT2D eigenvalue weighted by molar-refractivity contribution is 0.379. The molecular weight excluding hydrogens is 581 g/mol. The molecule has 0 spiro atoms. The number of hydrogen-bond donors (Lipinski definition) is 2. The maximum Gasteiger partial charge on any atom is 0.343 e. The van der Waals surface area contributed by atoms with E-state index in [1.54, 1.807) is 42.6 Å². The Hall–Kier alpha value is -4.21. The number of sulfonamides is 1. The predicted molar refractivity (Wildman–Crippen MR) is 169 cm³/mol. The van der Waals surface area contributed by atoms with E-state index in [9.17, 15) is 18.3 Å². The highest BCUT2D eigenvalue weighted by molar-refractivity contribution is 7.94. The van der Waals surface area contributed by atoms with Crippen LogP contribution in [0.5, 0.6) is 5.75 Å². The van der Waals surface area contributed by atoms with Crippen molar-refractivity contribution in [2.75, 3.05) is 4.72 Å². The molecule has 1 aliphatic carbocycles. The Morgan fingerprint density at radius 1 is 1.00 bits per heavy atom. The Labute approximate surface area is 255 Å². The minimum Gasteiger partial charge on any atom is -0.507 e. The first-order valence-electron chi connectivity index (χ1n) is 14.4. The molecule has 43 heavy (non-hydrogen) atoms. The fourth-order valence-corrected chi connectivity index (χ4v) is 7.89. The molecule has 1 saturated carbocycles. The predicted octanol–water partition coefficient (Wildman–Crippen LogP) is 7.55. The van der Waals surface area contributed by atoms with Gasteiger partial charge < -0.3 is 9.52 Å². The fourth-order valence-electron chi connectivity index (χ4n) is 5.56. The first kappa shape index (κ1) is 28.9. The number of nitrogens with zero attached hydrogens (tertiary/aromatic N) is 1. The molecule has 6 rings (SSSR count). The number of nitrogens with one attached hydrogen (secondary N) is 1. The number of rotatable bonds is 11. The molecule has 2 aromatic carbocycles. The van der Waals surface area contributed by atoms with E-state index in [0.29, 0.717) is 23.6 Å². The summed E-state index contributed by atoms with van der Waals surface area (Å²) >= 11 is 1.14. The lowest BCUT2D eigenvalue weighted by Gasteiger charge is -2.20. The smallest absolute Gasteiger partial charge is 0.343 e. The molecular formula is C34H32N2O5S2. The van der Waals surface area contributed by atoms with Crippen molar-refractivity contribution in [2.45, 2.75) is 48.7 Å². The first-order chi connectivity index (χ1) is 20.8. The number of anilines is 1. The molecule has 0 bridgehead atoms. The minimum absolute atomic E-state index is 0.0531. The summed E-state index contributed by atoms with van der Waals surface area (Å²) in [5, 5.41) is 11.2. The van der Waals surface area contributed by atoms with Crippen LogP contribution in [0.3, 0.4) is 0 Å². The molecule has 1 fully saturated rings. The van der Waals surface area contributed by atoms with Crippen LogP contribution >= 0.6 is 11.3 Å². The van der Waals surface area contributed by atoms with Crippen LogP contribution in [0, 0.1) is 5.92 Å². The molecule has 2 atom stereocenters. The second kappa shape index (κ2) is 12.2. The van der Waals surface area contributed by atoms with Crippen molar-refractivity contribution in [2.24, 2.45) is 5.92 Å². The Kier molecular flexibility index (Phi) is 8.19. The van der Waals surface area contributed by atoms with Gasteiger partial charge in [0.05, 0.1) is 16.1 Å². The summed E-state index contributed by atoms with van der Waals surface area (Å²) in [4.78, 5) is 18.5. The summed E-state index contributed by atoms with van der Waals surface area (Å²) in [7, 11) is -3.86. The number of benzene rings is 2. The Morgan fingerprint density at radius 2 is 1.79 bits per heavy atom. The molecule has 0 saturated heterocycles. The average molecular weight is 613 g/mol. The van der Waals surface area contributed by atoms with Gasteiger partial charge >= 0.3 is 5.63 Å². The molecule has 0 radical (unpaired) electrons. The SMILES string of the molecule is CCC(Cc1ccccc1)c1cc(O)c(C(c2cccc(NS(=O)(=O)c3ccc(-c4ccccn4)s3)c2)C2CC2)c(=O)o1. The van der Waals surface area contributed by atoms with Gasteiger partial charge in [-0.3, -0.25) is 9.71 Å². The molecule has 9 heteroatoms. The van der Waals surface area contributed by atoms with Gasteiger partial charge in [0.2, 0.25) is 0 Å². The summed E-state index contributed by atoms with van der Waals surface area (Å²) in [6.45, 7) is 2.04. The highest BCUT2D eigenvalue weighted by Crippen LogP contribution is 2.48. The molecule has 3 heterocycles. The van der Waals surface area contributed by atoms with Crippen LogP contribution < -0.4 is 10.3 Å². The van der Waals surface area contributed by atoms with Gasteiger partial charge in [-0.25, -0.2) is 13.2 Å². The first-order valence-corrected chi connectivity index (χ1v) is 16.7. The third-order valence-electron chi connectivity index (χ3n) is 7.87. The van der Waals surface area contributed by atoms with Crippen LogP contribution in [0.15, 0.2) is 111 Å². The highest BCUT2D eigenvalue weighted by Gasteiger charge is 2.38. The van der Waals surface area contributed by atoms with E-state index in [4.69, 9.17) is 4.42 Å². The van der Waals surface area contributed by atoms with Gasteiger partial charge in [0.15, 0.2) is 0 Å². The fraction of sp³-hybridized carbons (Fsp3) is 0.235. The standard InChI is InChI=1S/C34H32N2O5S2/c1-2-23(19-22-9-4-3-5-10-22)29-21-28(37)33(34(38)41-29)32(24-14-15-24)25-11-8-12-26(20-25)36-43(39,40)31-17-16-30(42-31)27-13-6-7-18-35-27/h3-13,16-18,20-21,23-24,32,36-37H,2,14-15,19H2,1H3. The third kappa shape index (κ3) is 6.43. The molecule has 220 valence electrons. The maximum absolute atomic E-state index is 13.5. The normalized spacial score (nSPS) is 14.7. The van der Waals surface area contributed by atoms with E-state index >= 15 is 0 Å². The van der Waals surface area contributed by atoms with Crippen molar-refractivity contribution >= 4 is 27.0 Å². The van der Waals surface area contributed by atoms with Crippen molar-refractivity contribution in [3.05, 3.63) is 130 Å². The van der Waals surface area contributed by atoms with Gasteiger partial charge in [-0.1, -0.05) is 55.5 Å². The molecule has 2 N–H and O–H groups in total. The van der Waals surface area contributed by atoms with Crippen molar-refractivity contribution in [3.8, 4) is 16.3 Å². The van der Waals surface area contributed by atoms with E-state index in [0.717, 1.165) is 46.6 Å². The third-order valence-corrected chi connectivity index (χ3v) is 10.9. The largest absolute Gasteiger partial charge is 0.507 e. The molecule has 1 aliphatic rings. The van der Waals surface area contributed by atoms with Crippen LogP contribution in [-0.2, 0) is 16.4 Å². The number of aromatic hydroxyl groups is 1. The minimum atomic E-state index is -3.86. The molecule has 0 aliphatic heterocycles. The van der Waals surface area contributed by atoms with Crippen LogP contribution in [0.2, 0.25) is 0 Å². The Morgan fingerprint density at radius 3 is 2.49 bits per heavy atom. The van der Waals surface area contributed by atoms with Crippen LogP contribution in [0.4, 0.5) is 5.69 Å². The maximum atomic E-state index is 13.5. The van der Waals surface area contributed by atoms with Crippen molar-refractivity contribution in [1.29, 1.82) is 0 Å². The van der Waals surface area contributed by atoms with E-state index in [2.05, 4.69) is 9.71 Å². The van der Waals surface area contributed by atoms with Gasteiger partial charge in [-0.05, 0) is 79.1 Å². The number of hydrogen-bond acceptors (Lipinski definition) is 7. The molecule has 2 unspecified atom stereocenters. The molecule has 0 amide bonds. The van der Waals surface area contributed by atoms with Gasteiger partial charge in [0, 0.05) is 29.8 Å². The van der Waals surface area contributed by atoms with E-state index < -0.39 is 21.6 Å². The van der Waals surface area contributed by atoms with Crippen molar-refractivity contribution in [1.82, 2.24) is 4.98 Å². The summed E-state index contributed by atoms with van der Waals surface area (Å²) in [5.41, 5.74) is 2.63. The summed E-state index contributed by atoms with van der Waals surface area (Å²) in [6, 6.07) is 27.4. The zero-order chi connectivity index (χ0) is 30.0. The topological polar surface area (TPSA) is 110 Å². The second-order valence-corrected chi connectivity index (χ2v) is 13.9. The zero-order valence-electron chi connectivity index (χ0n) is 23.6. The number of thiophene rings is 1. The van der Waals surface area contributed by atoms with E-state index in [1.807, 2.05) is 61.5 Å². The summed E-state index contributed by atoms with van der Waals surface area (Å²) in [6.07, 6.45) is 4.91. The highest BCUT2D eigenvalue weighted by atomic mass is 32.2. The Bertz CT molecular complexity index is 1880. The number of pyridine rings is 1. The van der Waals surface area contributed by atoms with Gasteiger partial charge in [0.1, 0.15) is 15.7 Å². The monoisotopic (exact) mass is 612 g/mol. The molecule has 5 aromatic rings.